The molecule has 1 aromatic heterocycles. The normalized spacial score (nSPS) is 14.9. The predicted molar refractivity (Wildman–Crippen MR) is 155 cm³/mol. The molecule has 39 heavy (non-hydrogen) atoms. The molecule has 3 aromatic rings. The van der Waals surface area contributed by atoms with Gasteiger partial charge >= 0.3 is 11.9 Å². The van der Waals surface area contributed by atoms with Crippen LogP contribution in [0, 0.1) is 3.57 Å². The van der Waals surface area contributed by atoms with E-state index in [9.17, 15) is 14.4 Å². The van der Waals surface area contributed by atoms with Gasteiger partial charge in [0, 0.05) is 6.92 Å². The number of allylic oxidation sites excluding steroid dienone is 1. The number of carbonyl (C=O) groups is 2. The lowest BCUT2D eigenvalue weighted by atomic mass is 9.96. The zero-order valence-corrected chi connectivity index (χ0v) is 25.0. The van der Waals surface area contributed by atoms with Crippen LogP contribution in [0.1, 0.15) is 44.9 Å². The van der Waals surface area contributed by atoms with Crippen LogP contribution in [0.2, 0.25) is 0 Å². The average Bonchev–Trinajstić information content (AvgIpc) is 3.19. The molecule has 0 saturated heterocycles. The molecule has 2 aromatic carbocycles. The number of nitrogens with zero attached hydrogens (tertiary/aromatic N) is 2. The highest BCUT2D eigenvalue weighted by Crippen LogP contribution is 2.35. The van der Waals surface area contributed by atoms with Crippen LogP contribution in [0.4, 0.5) is 0 Å². The lowest BCUT2D eigenvalue weighted by Gasteiger charge is -2.24. The SMILES string of the molecule is CCOC(=O)C1=C(C)N=c2s/c(=C\c3cc(I)c(OC(C)=O)c(OCC)c3)c(=O)n2[C@@H]1c1ccc(OC)cc1. The molecule has 1 aliphatic rings. The van der Waals surface area contributed by atoms with Crippen molar-refractivity contribution in [3.8, 4) is 17.2 Å². The van der Waals surface area contributed by atoms with Gasteiger partial charge in [0.1, 0.15) is 5.75 Å². The summed E-state index contributed by atoms with van der Waals surface area (Å²) >= 11 is 3.29. The van der Waals surface area contributed by atoms with Crippen LogP contribution in [0.25, 0.3) is 6.08 Å². The summed E-state index contributed by atoms with van der Waals surface area (Å²) in [7, 11) is 1.57. The molecule has 0 unspecified atom stereocenters. The summed E-state index contributed by atoms with van der Waals surface area (Å²) in [5, 5.41) is 0. The minimum absolute atomic E-state index is 0.194. The molecule has 0 radical (unpaired) electrons. The first-order valence-electron chi connectivity index (χ1n) is 12.2. The zero-order chi connectivity index (χ0) is 28.3. The number of aromatic nitrogens is 1. The van der Waals surface area contributed by atoms with E-state index < -0.39 is 18.0 Å². The van der Waals surface area contributed by atoms with Gasteiger partial charge in [0.15, 0.2) is 16.3 Å². The minimum Gasteiger partial charge on any atom is -0.497 e. The fourth-order valence-electron chi connectivity index (χ4n) is 4.22. The molecule has 204 valence electrons. The fourth-order valence-corrected chi connectivity index (χ4v) is 6.00. The van der Waals surface area contributed by atoms with Crippen molar-refractivity contribution in [1.82, 2.24) is 4.57 Å². The second-order valence-corrected chi connectivity index (χ2v) is 10.6. The summed E-state index contributed by atoms with van der Waals surface area (Å²) in [5.41, 5.74) is 1.90. The maximum absolute atomic E-state index is 13.8. The second-order valence-electron chi connectivity index (χ2n) is 8.43. The second kappa shape index (κ2) is 12.2. The molecule has 4 rings (SSSR count). The fraction of sp³-hybridized carbons (Fsp3) is 0.286. The minimum atomic E-state index is -0.723. The number of hydrogen-bond acceptors (Lipinski definition) is 9. The maximum Gasteiger partial charge on any atom is 0.338 e. The third-order valence-electron chi connectivity index (χ3n) is 5.82. The van der Waals surface area contributed by atoms with Gasteiger partial charge in [-0.2, -0.15) is 0 Å². The van der Waals surface area contributed by atoms with Crippen LogP contribution in [-0.2, 0) is 14.3 Å². The Morgan fingerprint density at radius 2 is 1.87 bits per heavy atom. The van der Waals surface area contributed by atoms with Gasteiger partial charge in [-0.25, -0.2) is 9.79 Å². The summed E-state index contributed by atoms with van der Waals surface area (Å²) in [5.74, 6) is 0.404. The summed E-state index contributed by atoms with van der Waals surface area (Å²) in [6.07, 6.45) is 1.74. The van der Waals surface area contributed by atoms with Gasteiger partial charge in [0.2, 0.25) is 0 Å². The number of halogens is 1. The number of ether oxygens (including phenoxy) is 4. The maximum atomic E-state index is 13.8. The highest BCUT2D eigenvalue weighted by atomic mass is 127. The third-order valence-corrected chi connectivity index (χ3v) is 7.61. The number of fused-ring (bicyclic) bond motifs is 1. The molecule has 0 N–H and O–H groups in total. The monoisotopic (exact) mass is 662 g/mol. The van der Waals surface area contributed by atoms with E-state index in [2.05, 4.69) is 27.6 Å². The summed E-state index contributed by atoms with van der Waals surface area (Å²) in [6, 6.07) is 10.0. The lowest BCUT2D eigenvalue weighted by molar-refractivity contribution is -0.139. The van der Waals surface area contributed by atoms with Crippen molar-refractivity contribution in [3.63, 3.8) is 0 Å². The first-order chi connectivity index (χ1) is 18.7. The molecule has 11 heteroatoms. The Balaban J connectivity index is 1.91. The van der Waals surface area contributed by atoms with Crippen molar-refractivity contribution in [2.45, 2.75) is 33.7 Å². The molecular formula is C28H27IN2O7S. The molecule has 0 aliphatic carbocycles. The average molecular weight is 663 g/mol. The van der Waals surface area contributed by atoms with Crippen molar-refractivity contribution in [2.24, 2.45) is 4.99 Å². The van der Waals surface area contributed by atoms with Gasteiger partial charge in [0.25, 0.3) is 5.56 Å². The molecule has 0 saturated carbocycles. The Morgan fingerprint density at radius 3 is 2.49 bits per heavy atom. The quantitative estimate of drug-likeness (QED) is 0.206. The molecule has 1 atom stereocenters. The van der Waals surface area contributed by atoms with Gasteiger partial charge < -0.3 is 18.9 Å². The third kappa shape index (κ3) is 5.93. The molecule has 1 aliphatic heterocycles. The Labute approximate surface area is 242 Å². The highest BCUT2D eigenvalue weighted by Gasteiger charge is 2.33. The number of thiazole rings is 1. The van der Waals surface area contributed by atoms with Gasteiger partial charge in [0.05, 0.1) is 45.7 Å². The van der Waals surface area contributed by atoms with E-state index in [0.717, 1.165) is 5.56 Å². The molecule has 0 bridgehead atoms. The first kappa shape index (κ1) is 28.6. The van der Waals surface area contributed by atoms with Gasteiger partial charge in [-0.15, -0.1) is 0 Å². The Hall–Kier alpha value is -3.45. The van der Waals surface area contributed by atoms with Crippen LogP contribution < -0.4 is 29.1 Å². The summed E-state index contributed by atoms with van der Waals surface area (Å²) in [4.78, 5) is 43.6. The van der Waals surface area contributed by atoms with Crippen LogP contribution in [0.5, 0.6) is 17.2 Å². The standard InChI is InChI=1S/C28H27IN2O7S/c1-6-36-21-13-17(12-20(29)25(21)38-16(4)32)14-22-26(33)31-24(18-8-10-19(35-5)11-9-18)23(27(34)37-7-2)15(3)30-28(31)39-22/h8-14,24H,6-7H2,1-5H3/b22-14-/t24-/m1/s1. The van der Waals surface area contributed by atoms with E-state index in [1.54, 1.807) is 51.3 Å². The lowest BCUT2D eigenvalue weighted by Crippen LogP contribution is -2.39. The van der Waals surface area contributed by atoms with Crippen molar-refractivity contribution in [1.29, 1.82) is 0 Å². The number of hydrogen-bond donors (Lipinski definition) is 0. The van der Waals surface area contributed by atoms with Crippen LogP contribution in [0.3, 0.4) is 0 Å². The van der Waals surface area contributed by atoms with Crippen LogP contribution in [0.15, 0.2) is 57.5 Å². The smallest absolute Gasteiger partial charge is 0.338 e. The first-order valence-corrected chi connectivity index (χ1v) is 14.1. The van der Waals surface area contributed by atoms with E-state index in [0.29, 0.717) is 53.6 Å². The summed E-state index contributed by atoms with van der Waals surface area (Å²) < 4.78 is 24.3. The molecule has 0 spiro atoms. The van der Waals surface area contributed by atoms with Crippen molar-refractivity contribution < 1.29 is 28.5 Å². The van der Waals surface area contributed by atoms with Crippen LogP contribution >= 0.6 is 33.9 Å². The Bertz CT molecular complexity index is 1640. The highest BCUT2D eigenvalue weighted by molar-refractivity contribution is 14.1. The predicted octanol–water partition coefficient (Wildman–Crippen LogP) is 3.74. The molecule has 9 nitrogen and oxygen atoms in total. The van der Waals surface area contributed by atoms with Gasteiger partial charge in [-0.1, -0.05) is 23.5 Å². The largest absolute Gasteiger partial charge is 0.497 e. The molecule has 2 heterocycles. The van der Waals surface area contributed by atoms with E-state index >= 15 is 0 Å². The van der Waals surface area contributed by atoms with Gasteiger partial charge in [-0.3, -0.25) is 14.2 Å². The number of carbonyl (C=O) groups excluding carboxylic acids is 2. The zero-order valence-electron chi connectivity index (χ0n) is 22.1. The van der Waals surface area contributed by atoms with Crippen LogP contribution in [-0.4, -0.2) is 36.8 Å². The summed E-state index contributed by atoms with van der Waals surface area (Å²) in [6.45, 7) is 7.19. The topological polar surface area (TPSA) is 105 Å². The van der Waals surface area contributed by atoms with E-state index in [4.69, 9.17) is 18.9 Å². The Kier molecular flexibility index (Phi) is 8.90. The van der Waals surface area contributed by atoms with E-state index in [1.165, 1.54) is 22.8 Å². The molecule has 0 fully saturated rings. The van der Waals surface area contributed by atoms with Crippen molar-refractivity contribution in [2.75, 3.05) is 20.3 Å². The van der Waals surface area contributed by atoms with Crippen molar-refractivity contribution >= 4 is 51.9 Å². The van der Waals surface area contributed by atoms with Gasteiger partial charge in [-0.05, 0) is 84.8 Å². The molecular weight excluding hydrogens is 635 g/mol. The van der Waals surface area contributed by atoms with Crippen molar-refractivity contribution in [3.05, 3.63) is 82.1 Å². The molecule has 0 amide bonds. The van der Waals surface area contributed by atoms with E-state index in [1.807, 2.05) is 19.1 Å². The number of esters is 2. The Morgan fingerprint density at radius 1 is 1.15 bits per heavy atom. The number of rotatable bonds is 8. The van der Waals surface area contributed by atoms with E-state index in [-0.39, 0.29) is 12.2 Å². The number of benzene rings is 2. The number of methoxy groups -OCH3 is 1.